The number of benzene rings is 2. The molecule has 0 bridgehead atoms. The second-order valence-corrected chi connectivity index (χ2v) is 4.99. The minimum Gasteiger partial charge on any atom is -0.329 e. The quantitative estimate of drug-likeness (QED) is 0.565. The van der Waals surface area contributed by atoms with Gasteiger partial charge in [-0.2, -0.15) is 0 Å². The van der Waals surface area contributed by atoms with Gasteiger partial charge in [-0.05, 0) is 36.4 Å². The molecular formula is C15H9Cl2N. The third-order valence-electron chi connectivity index (χ3n) is 3.04. The van der Waals surface area contributed by atoms with Crippen LogP contribution in [0.25, 0.3) is 21.8 Å². The first-order chi connectivity index (χ1) is 8.70. The summed E-state index contributed by atoms with van der Waals surface area (Å²) in [6, 6.07) is 11.6. The minimum absolute atomic E-state index is 0.531. The molecule has 0 aliphatic rings. The van der Waals surface area contributed by atoms with Crippen molar-refractivity contribution in [3.63, 3.8) is 0 Å². The molecule has 1 aromatic heterocycles. The summed E-state index contributed by atoms with van der Waals surface area (Å²) >= 11 is 12.1. The number of aromatic nitrogens is 1. The van der Waals surface area contributed by atoms with E-state index in [2.05, 4.69) is 10.5 Å². The topological polar surface area (TPSA) is 4.93 Å². The summed E-state index contributed by atoms with van der Waals surface area (Å²) < 4.78 is 2.09. The monoisotopic (exact) mass is 273 g/mol. The first kappa shape index (κ1) is 11.5. The van der Waals surface area contributed by atoms with Crippen molar-refractivity contribution in [2.24, 2.45) is 0 Å². The summed E-state index contributed by atoms with van der Waals surface area (Å²) in [4.78, 5) is 0. The zero-order valence-electron chi connectivity index (χ0n) is 9.45. The number of halogens is 2. The molecule has 1 heterocycles. The Labute approximate surface area is 115 Å². The van der Waals surface area contributed by atoms with Gasteiger partial charge in [0.2, 0.25) is 0 Å². The van der Waals surface area contributed by atoms with Crippen LogP contribution < -0.4 is 0 Å². The highest BCUT2D eigenvalue weighted by Gasteiger charge is 2.10. The van der Waals surface area contributed by atoms with Crippen LogP contribution in [0.5, 0.6) is 0 Å². The maximum absolute atomic E-state index is 6.06. The first-order valence-electron chi connectivity index (χ1n) is 5.51. The molecule has 3 rings (SSSR count). The average molecular weight is 274 g/mol. The van der Waals surface area contributed by atoms with Gasteiger partial charge in [0.25, 0.3) is 0 Å². The van der Waals surface area contributed by atoms with Crippen LogP contribution in [-0.2, 0) is 6.54 Å². The second-order valence-electron chi connectivity index (χ2n) is 4.11. The van der Waals surface area contributed by atoms with Crippen LogP contribution in [0.3, 0.4) is 0 Å². The summed E-state index contributed by atoms with van der Waals surface area (Å²) in [5.41, 5.74) is 2.16. The predicted molar refractivity (Wildman–Crippen MR) is 78.3 cm³/mol. The van der Waals surface area contributed by atoms with E-state index in [1.807, 2.05) is 36.4 Å². The van der Waals surface area contributed by atoms with Gasteiger partial charge in [-0.3, -0.25) is 0 Å². The fraction of sp³-hybridized carbons (Fsp3) is 0.0667. The van der Waals surface area contributed by atoms with Crippen molar-refractivity contribution in [2.45, 2.75) is 6.54 Å². The zero-order valence-corrected chi connectivity index (χ0v) is 11.0. The van der Waals surface area contributed by atoms with Crippen LogP contribution in [0.1, 0.15) is 0 Å². The van der Waals surface area contributed by atoms with Gasteiger partial charge in [0, 0.05) is 20.8 Å². The Morgan fingerprint density at radius 2 is 1.44 bits per heavy atom. The fourth-order valence-corrected chi connectivity index (χ4v) is 2.65. The highest BCUT2D eigenvalue weighted by atomic mass is 35.5. The van der Waals surface area contributed by atoms with Gasteiger partial charge in [-0.1, -0.05) is 29.1 Å². The van der Waals surface area contributed by atoms with E-state index >= 15 is 0 Å². The Morgan fingerprint density at radius 1 is 0.944 bits per heavy atom. The van der Waals surface area contributed by atoms with E-state index in [1.165, 1.54) is 0 Å². The summed E-state index contributed by atoms with van der Waals surface area (Å²) in [6.07, 6.45) is 5.44. The molecule has 18 heavy (non-hydrogen) atoms. The third kappa shape index (κ3) is 1.66. The maximum atomic E-state index is 6.06. The molecule has 0 aliphatic heterocycles. The largest absolute Gasteiger partial charge is 0.329 e. The van der Waals surface area contributed by atoms with Crippen LogP contribution in [-0.4, -0.2) is 4.57 Å². The minimum atomic E-state index is 0.531. The van der Waals surface area contributed by atoms with Crippen molar-refractivity contribution in [3.05, 3.63) is 46.4 Å². The molecule has 0 saturated heterocycles. The van der Waals surface area contributed by atoms with E-state index in [1.54, 1.807) is 0 Å². The lowest BCUT2D eigenvalue weighted by molar-refractivity contribution is 0.924. The normalized spacial score (nSPS) is 10.9. The number of terminal acetylenes is 1. The Bertz CT molecular complexity index is 734. The smallest absolute Gasteiger partial charge is 0.0841 e. The van der Waals surface area contributed by atoms with Gasteiger partial charge < -0.3 is 4.57 Å². The van der Waals surface area contributed by atoms with Crippen molar-refractivity contribution in [3.8, 4) is 12.3 Å². The Kier molecular flexibility index (Phi) is 2.70. The van der Waals surface area contributed by atoms with Crippen molar-refractivity contribution in [1.82, 2.24) is 4.57 Å². The van der Waals surface area contributed by atoms with Crippen molar-refractivity contribution < 1.29 is 0 Å². The van der Waals surface area contributed by atoms with Crippen LogP contribution >= 0.6 is 23.2 Å². The van der Waals surface area contributed by atoms with Crippen molar-refractivity contribution >= 4 is 45.0 Å². The highest BCUT2D eigenvalue weighted by Crippen LogP contribution is 2.32. The molecule has 0 aliphatic carbocycles. The molecule has 3 heteroatoms. The van der Waals surface area contributed by atoms with Crippen LogP contribution in [0.4, 0.5) is 0 Å². The number of nitrogens with zero attached hydrogens (tertiary/aromatic N) is 1. The molecule has 0 N–H and O–H groups in total. The lowest BCUT2D eigenvalue weighted by Crippen LogP contribution is -1.94. The molecule has 0 atom stereocenters. The SMILES string of the molecule is C#CCn1c2ccc(Cl)cc2c2cc(Cl)ccc21. The molecule has 1 nitrogen and oxygen atoms in total. The Morgan fingerprint density at radius 3 is 1.89 bits per heavy atom. The van der Waals surface area contributed by atoms with Crippen LogP contribution in [0.2, 0.25) is 10.0 Å². The number of rotatable bonds is 1. The number of fused-ring (bicyclic) bond motifs is 3. The van der Waals surface area contributed by atoms with Crippen molar-refractivity contribution in [1.29, 1.82) is 0 Å². The summed E-state index contributed by atoms with van der Waals surface area (Å²) in [7, 11) is 0. The zero-order chi connectivity index (χ0) is 12.7. The van der Waals surface area contributed by atoms with Gasteiger partial charge in [0.15, 0.2) is 0 Å². The molecule has 2 aromatic carbocycles. The maximum Gasteiger partial charge on any atom is 0.0841 e. The average Bonchev–Trinajstić information content (AvgIpc) is 2.64. The Hall–Kier alpha value is -1.62. The first-order valence-corrected chi connectivity index (χ1v) is 6.27. The third-order valence-corrected chi connectivity index (χ3v) is 3.51. The van der Waals surface area contributed by atoms with Gasteiger partial charge in [-0.15, -0.1) is 6.42 Å². The lowest BCUT2D eigenvalue weighted by Gasteiger charge is -2.01. The second kappa shape index (κ2) is 4.24. The molecule has 0 unspecified atom stereocenters. The number of hydrogen-bond donors (Lipinski definition) is 0. The molecule has 88 valence electrons. The highest BCUT2D eigenvalue weighted by molar-refractivity contribution is 6.33. The van der Waals surface area contributed by atoms with E-state index in [-0.39, 0.29) is 0 Å². The molecule has 0 radical (unpaired) electrons. The molecule has 0 saturated carbocycles. The van der Waals surface area contributed by atoms with Gasteiger partial charge in [-0.25, -0.2) is 0 Å². The fourth-order valence-electron chi connectivity index (χ4n) is 2.31. The van der Waals surface area contributed by atoms with Gasteiger partial charge >= 0.3 is 0 Å². The molecule has 0 amide bonds. The van der Waals surface area contributed by atoms with E-state index in [4.69, 9.17) is 29.6 Å². The van der Waals surface area contributed by atoms with E-state index in [9.17, 15) is 0 Å². The van der Waals surface area contributed by atoms with Crippen LogP contribution in [0, 0.1) is 12.3 Å². The lowest BCUT2D eigenvalue weighted by atomic mass is 10.1. The standard InChI is InChI=1S/C15H9Cl2N/c1-2-7-18-14-5-3-10(16)8-12(14)13-9-11(17)4-6-15(13)18/h1,3-6,8-9H,7H2. The summed E-state index contributed by atoms with van der Waals surface area (Å²) in [5, 5.41) is 3.58. The van der Waals surface area contributed by atoms with E-state index < -0.39 is 0 Å². The molecule has 0 fully saturated rings. The van der Waals surface area contributed by atoms with Gasteiger partial charge in [0.05, 0.1) is 17.6 Å². The van der Waals surface area contributed by atoms with Gasteiger partial charge in [0.1, 0.15) is 0 Å². The number of hydrogen-bond acceptors (Lipinski definition) is 0. The molecule has 0 spiro atoms. The summed E-state index contributed by atoms with van der Waals surface area (Å²) in [5.74, 6) is 2.68. The van der Waals surface area contributed by atoms with E-state index in [0.717, 1.165) is 21.8 Å². The van der Waals surface area contributed by atoms with Crippen LogP contribution in [0.15, 0.2) is 36.4 Å². The molecular weight excluding hydrogens is 265 g/mol. The Balaban J connectivity index is 2.53. The predicted octanol–water partition coefficient (Wildman–Crippen LogP) is 4.73. The van der Waals surface area contributed by atoms with Crippen molar-refractivity contribution in [2.75, 3.05) is 0 Å². The van der Waals surface area contributed by atoms with E-state index in [0.29, 0.717) is 16.6 Å². The molecule has 3 aromatic rings. The summed E-state index contributed by atoms with van der Waals surface area (Å²) in [6.45, 7) is 0.531.